The first-order valence-electron chi connectivity index (χ1n) is 7.42. The van der Waals surface area contributed by atoms with E-state index in [2.05, 4.69) is 15.5 Å². The topological polar surface area (TPSA) is 88.4 Å². The molecule has 23 heavy (non-hydrogen) atoms. The molecular weight excluding hydrogens is 300 g/mol. The van der Waals surface area contributed by atoms with Crippen molar-refractivity contribution in [1.82, 2.24) is 20.2 Å². The molecule has 0 bridgehead atoms. The van der Waals surface area contributed by atoms with E-state index < -0.39 is 5.97 Å². The van der Waals surface area contributed by atoms with Crippen molar-refractivity contribution in [1.29, 1.82) is 0 Å². The predicted molar refractivity (Wildman–Crippen MR) is 81.4 cm³/mol. The molecule has 0 N–H and O–H groups in total. The summed E-state index contributed by atoms with van der Waals surface area (Å²) >= 11 is 0. The van der Waals surface area contributed by atoms with Gasteiger partial charge in [-0.2, -0.15) is 0 Å². The first kappa shape index (κ1) is 16.7. The van der Waals surface area contributed by atoms with Gasteiger partial charge in [0, 0.05) is 6.54 Å². The third-order valence-electron chi connectivity index (χ3n) is 3.07. The lowest BCUT2D eigenvalue weighted by Gasteiger charge is -2.11. The molecule has 1 heterocycles. The number of aromatic nitrogens is 4. The summed E-state index contributed by atoms with van der Waals surface area (Å²) in [5, 5.41) is 11.3. The fourth-order valence-electron chi connectivity index (χ4n) is 2.00. The van der Waals surface area contributed by atoms with Gasteiger partial charge in [-0.1, -0.05) is 6.92 Å². The fraction of sp³-hybridized carbons (Fsp3) is 0.467. The monoisotopic (exact) mass is 320 g/mol. The molecule has 1 aromatic carbocycles. The van der Waals surface area contributed by atoms with E-state index in [1.807, 2.05) is 13.8 Å². The number of methoxy groups -OCH3 is 1. The molecule has 124 valence electrons. The second-order valence-electron chi connectivity index (χ2n) is 4.69. The van der Waals surface area contributed by atoms with Crippen LogP contribution < -0.4 is 9.47 Å². The standard InChI is InChI=1S/C15H20N4O4/c1-4-8-19-14(16-17-18-19)10-23-15(20)11-6-7-12(21-3)13(9-11)22-5-2/h6-7,9H,4-5,8,10H2,1-3H3. The summed E-state index contributed by atoms with van der Waals surface area (Å²) in [4.78, 5) is 12.2. The third kappa shape index (κ3) is 4.18. The van der Waals surface area contributed by atoms with Crippen LogP contribution in [-0.4, -0.2) is 39.9 Å². The van der Waals surface area contributed by atoms with Crippen LogP contribution in [0.2, 0.25) is 0 Å². The molecule has 2 rings (SSSR count). The molecule has 0 aliphatic heterocycles. The zero-order valence-corrected chi connectivity index (χ0v) is 13.5. The van der Waals surface area contributed by atoms with E-state index in [4.69, 9.17) is 14.2 Å². The maximum atomic E-state index is 12.2. The van der Waals surface area contributed by atoms with Crippen LogP contribution in [0.5, 0.6) is 11.5 Å². The first-order chi connectivity index (χ1) is 11.2. The van der Waals surface area contributed by atoms with Gasteiger partial charge in [0.15, 0.2) is 23.9 Å². The molecule has 8 heteroatoms. The van der Waals surface area contributed by atoms with Crippen molar-refractivity contribution in [3.8, 4) is 11.5 Å². The van der Waals surface area contributed by atoms with Gasteiger partial charge in [0.1, 0.15) is 0 Å². The molecule has 0 atom stereocenters. The minimum atomic E-state index is -0.473. The molecule has 0 aliphatic rings. The highest BCUT2D eigenvalue weighted by atomic mass is 16.5. The van der Waals surface area contributed by atoms with Crippen LogP contribution in [0.4, 0.5) is 0 Å². The molecule has 0 amide bonds. The van der Waals surface area contributed by atoms with E-state index in [1.54, 1.807) is 30.0 Å². The third-order valence-corrected chi connectivity index (χ3v) is 3.07. The Bertz CT molecular complexity index is 657. The van der Waals surface area contributed by atoms with E-state index in [1.165, 1.54) is 0 Å². The number of ether oxygens (including phenoxy) is 3. The molecule has 0 unspecified atom stereocenters. The number of tetrazole rings is 1. The molecule has 0 radical (unpaired) electrons. The van der Waals surface area contributed by atoms with E-state index in [-0.39, 0.29) is 6.61 Å². The Balaban J connectivity index is 2.05. The number of carbonyl (C=O) groups excluding carboxylic acids is 1. The zero-order chi connectivity index (χ0) is 16.7. The van der Waals surface area contributed by atoms with Crippen molar-refractivity contribution < 1.29 is 19.0 Å². The van der Waals surface area contributed by atoms with Crippen molar-refractivity contribution in [2.75, 3.05) is 13.7 Å². The van der Waals surface area contributed by atoms with E-state index >= 15 is 0 Å². The normalized spacial score (nSPS) is 10.4. The number of esters is 1. The van der Waals surface area contributed by atoms with Crippen LogP contribution in [0.25, 0.3) is 0 Å². The van der Waals surface area contributed by atoms with Crippen LogP contribution in [-0.2, 0) is 17.9 Å². The van der Waals surface area contributed by atoms with Gasteiger partial charge in [0.25, 0.3) is 0 Å². The molecular formula is C15H20N4O4. The maximum Gasteiger partial charge on any atom is 0.338 e. The van der Waals surface area contributed by atoms with Gasteiger partial charge in [-0.15, -0.1) is 5.10 Å². The molecule has 0 saturated heterocycles. The van der Waals surface area contributed by atoms with Crippen LogP contribution in [0.1, 0.15) is 36.5 Å². The second-order valence-corrected chi connectivity index (χ2v) is 4.69. The Morgan fingerprint density at radius 3 is 2.78 bits per heavy atom. The summed E-state index contributed by atoms with van der Waals surface area (Å²) < 4.78 is 17.5. The highest BCUT2D eigenvalue weighted by Gasteiger charge is 2.14. The Morgan fingerprint density at radius 2 is 2.09 bits per heavy atom. The largest absolute Gasteiger partial charge is 0.493 e. The van der Waals surface area contributed by atoms with Gasteiger partial charge in [0.2, 0.25) is 0 Å². The van der Waals surface area contributed by atoms with E-state index in [0.29, 0.717) is 36.0 Å². The number of nitrogens with zero attached hydrogens (tertiary/aromatic N) is 4. The number of aryl methyl sites for hydroxylation is 1. The van der Waals surface area contributed by atoms with Gasteiger partial charge in [0.05, 0.1) is 19.3 Å². The lowest BCUT2D eigenvalue weighted by Crippen LogP contribution is -2.11. The summed E-state index contributed by atoms with van der Waals surface area (Å²) in [5.74, 6) is 1.11. The summed E-state index contributed by atoms with van der Waals surface area (Å²) in [6, 6.07) is 4.89. The molecule has 1 aromatic heterocycles. The average molecular weight is 320 g/mol. The highest BCUT2D eigenvalue weighted by Crippen LogP contribution is 2.28. The average Bonchev–Trinajstić information content (AvgIpc) is 3.00. The number of hydrogen-bond acceptors (Lipinski definition) is 7. The van der Waals surface area contributed by atoms with Gasteiger partial charge in [-0.05, 0) is 42.0 Å². The number of hydrogen-bond donors (Lipinski definition) is 0. The van der Waals surface area contributed by atoms with Gasteiger partial charge in [-0.25, -0.2) is 9.48 Å². The highest BCUT2D eigenvalue weighted by molar-refractivity contribution is 5.90. The van der Waals surface area contributed by atoms with Crippen molar-refractivity contribution in [3.63, 3.8) is 0 Å². The second kappa shape index (κ2) is 8.11. The molecule has 0 fully saturated rings. The smallest absolute Gasteiger partial charge is 0.338 e. The summed E-state index contributed by atoms with van der Waals surface area (Å²) in [5.41, 5.74) is 0.378. The zero-order valence-electron chi connectivity index (χ0n) is 13.5. The van der Waals surface area contributed by atoms with Crippen molar-refractivity contribution in [3.05, 3.63) is 29.6 Å². The fourth-order valence-corrected chi connectivity index (χ4v) is 2.00. The summed E-state index contributed by atoms with van der Waals surface area (Å²) in [6.07, 6.45) is 0.891. The Morgan fingerprint density at radius 1 is 1.26 bits per heavy atom. The molecule has 0 aliphatic carbocycles. The minimum Gasteiger partial charge on any atom is -0.493 e. The Hall–Kier alpha value is -2.64. The minimum absolute atomic E-state index is 0.0157. The van der Waals surface area contributed by atoms with Gasteiger partial charge < -0.3 is 14.2 Å². The van der Waals surface area contributed by atoms with Crippen molar-refractivity contribution >= 4 is 5.97 Å². The van der Waals surface area contributed by atoms with Crippen LogP contribution in [0.15, 0.2) is 18.2 Å². The predicted octanol–water partition coefficient (Wildman–Crippen LogP) is 1.85. The van der Waals surface area contributed by atoms with E-state index in [0.717, 1.165) is 6.42 Å². The van der Waals surface area contributed by atoms with E-state index in [9.17, 15) is 4.79 Å². The Labute approximate surface area is 134 Å². The van der Waals surface area contributed by atoms with Crippen molar-refractivity contribution in [2.45, 2.75) is 33.4 Å². The van der Waals surface area contributed by atoms with Gasteiger partial charge >= 0.3 is 5.97 Å². The molecule has 2 aromatic rings. The lowest BCUT2D eigenvalue weighted by molar-refractivity contribution is 0.0456. The number of carbonyl (C=O) groups is 1. The summed E-state index contributed by atoms with van der Waals surface area (Å²) in [7, 11) is 1.55. The summed E-state index contributed by atoms with van der Waals surface area (Å²) in [6.45, 7) is 5.04. The SMILES string of the molecule is CCCn1nnnc1COC(=O)c1ccc(OC)c(OCC)c1. The lowest BCUT2D eigenvalue weighted by atomic mass is 10.2. The maximum absolute atomic E-state index is 12.2. The molecule has 0 saturated carbocycles. The van der Waals surface area contributed by atoms with Crippen LogP contribution in [0.3, 0.4) is 0 Å². The quantitative estimate of drug-likeness (QED) is 0.686. The van der Waals surface area contributed by atoms with Gasteiger partial charge in [-0.3, -0.25) is 0 Å². The van der Waals surface area contributed by atoms with Crippen LogP contribution in [0, 0.1) is 0 Å². The number of benzene rings is 1. The van der Waals surface area contributed by atoms with Crippen LogP contribution >= 0.6 is 0 Å². The molecule has 0 spiro atoms. The van der Waals surface area contributed by atoms with Crippen molar-refractivity contribution in [2.24, 2.45) is 0 Å². The molecule has 8 nitrogen and oxygen atoms in total. The first-order valence-corrected chi connectivity index (χ1v) is 7.42. The Kier molecular flexibility index (Phi) is 5.90. The number of rotatable bonds is 8.